The highest BCUT2D eigenvalue weighted by molar-refractivity contribution is 6.10. The van der Waals surface area contributed by atoms with Gasteiger partial charge in [0.25, 0.3) is 0 Å². The van der Waals surface area contributed by atoms with Crippen molar-refractivity contribution in [2.45, 2.75) is 13.8 Å². The number of pyridine rings is 2. The maximum atomic E-state index is 5.03. The van der Waals surface area contributed by atoms with E-state index in [2.05, 4.69) is 189 Å². The lowest BCUT2D eigenvalue weighted by Gasteiger charge is -2.24. The maximum absolute atomic E-state index is 5.03. The summed E-state index contributed by atoms with van der Waals surface area (Å²) in [5.41, 5.74) is 18.1. The van der Waals surface area contributed by atoms with E-state index in [1.54, 1.807) is 0 Å². The Balaban J connectivity index is 1.38. The molecule has 0 aliphatic carbocycles. The summed E-state index contributed by atoms with van der Waals surface area (Å²) in [6.45, 7) is 4.12. The minimum Gasteiger partial charge on any atom is -0.251 e. The zero-order valence-corrected chi connectivity index (χ0v) is 29.2. The van der Waals surface area contributed by atoms with Crippen LogP contribution in [-0.2, 0) is 0 Å². The highest BCUT2D eigenvalue weighted by Gasteiger charge is 2.24. The molecule has 0 N–H and O–H groups in total. The van der Waals surface area contributed by atoms with Crippen molar-refractivity contribution in [2.75, 3.05) is 0 Å². The fourth-order valence-electron chi connectivity index (χ4n) is 7.65. The number of rotatable bonds is 6. The first-order valence-electron chi connectivity index (χ1n) is 17.8. The molecule has 2 aromatic heterocycles. The molecule has 0 atom stereocenters. The lowest BCUT2D eigenvalue weighted by molar-refractivity contribution is 1.23. The largest absolute Gasteiger partial charge is 0.251 e. The van der Waals surface area contributed by atoms with Gasteiger partial charge in [0, 0.05) is 22.2 Å². The van der Waals surface area contributed by atoms with E-state index in [9.17, 15) is 0 Å². The smallest absolute Gasteiger partial charge is 0.0974 e. The molecule has 2 heteroatoms. The normalized spacial score (nSPS) is 11.3. The molecule has 0 aliphatic rings. The van der Waals surface area contributed by atoms with Gasteiger partial charge in [0.15, 0.2) is 0 Å². The van der Waals surface area contributed by atoms with Gasteiger partial charge in [0.05, 0.1) is 11.0 Å². The Labute approximate surface area is 304 Å². The Morgan fingerprint density at radius 2 is 0.769 bits per heavy atom. The Morgan fingerprint density at radius 1 is 0.308 bits per heavy atom. The monoisotopic (exact) mass is 664 g/mol. The first kappa shape index (κ1) is 31.3. The summed E-state index contributed by atoms with van der Waals surface area (Å²) in [6.07, 6.45) is 0. The van der Waals surface area contributed by atoms with Gasteiger partial charge in [-0.05, 0) is 105 Å². The average molecular weight is 665 g/mol. The van der Waals surface area contributed by atoms with E-state index >= 15 is 0 Å². The third-order valence-electron chi connectivity index (χ3n) is 9.99. The second-order valence-corrected chi connectivity index (χ2v) is 13.4. The van der Waals surface area contributed by atoms with Gasteiger partial charge in [-0.2, -0.15) is 0 Å². The van der Waals surface area contributed by atoms with E-state index in [-0.39, 0.29) is 0 Å². The van der Waals surface area contributed by atoms with Crippen molar-refractivity contribution >= 4 is 21.8 Å². The first-order valence-corrected chi connectivity index (χ1v) is 17.8. The van der Waals surface area contributed by atoms with E-state index in [1.807, 2.05) is 6.92 Å². The molecule has 0 saturated heterocycles. The molecule has 52 heavy (non-hydrogen) atoms. The van der Waals surface area contributed by atoms with Crippen molar-refractivity contribution in [1.82, 2.24) is 9.97 Å². The molecular weight excluding hydrogens is 629 g/mol. The highest BCUT2D eigenvalue weighted by Crippen LogP contribution is 2.50. The lowest BCUT2D eigenvalue weighted by atomic mass is 9.78. The van der Waals surface area contributed by atoms with E-state index in [0.717, 1.165) is 49.9 Å². The van der Waals surface area contributed by atoms with Gasteiger partial charge in [0.1, 0.15) is 0 Å². The van der Waals surface area contributed by atoms with Gasteiger partial charge in [-0.1, -0.05) is 158 Å². The number of nitrogens with zero attached hydrogens (tertiary/aromatic N) is 2. The summed E-state index contributed by atoms with van der Waals surface area (Å²) >= 11 is 0. The number of aryl methyl sites for hydroxylation is 2. The van der Waals surface area contributed by atoms with Crippen LogP contribution < -0.4 is 0 Å². The molecule has 0 bridgehead atoms. The van der Waals surface area contributed by atoms with E-state index in [0.29, 0.717) is 0 Å². The maximum Gasteiger partial charge on any atom is 0.0974 e. The number of fused-ring (bicyclic) bond motifs is 3. The van der Waals surface area contributed by atoms with Crippen molar-refractivity contribution in [3.05, 3.63) is 193 Å². The van der Waals surface area contributed by atoms with Crippen LogP contribution in [0.5, 0.6) is 0 Å². The van der Waals surface area contributed by atoms with Crippen LogP contribution in [0.3, 0.4) is 0 Å². The fourth-order valence-corrected chi connectivity index (χ4v) is 7.65. The third-order valence-corrected chi connectivity index (χ3v) is 9.99. The second-order valence-electron chi connectivity index (χ2n) is 13.4. The second kappa shape index (κ2) is 13.2. The van der Waals surface area contributed by atoms with Crippen LogP contribution in [0.25, 0.3) is 88.6 Å². The molecule has 9 aromatic rings. The lowest BCUT2D eigenvalue weighted by Crippen LogP contribution is -1.98. The Morgan fingerprint density at radius 3 is 1.37 bits per heavy atom. The molecule has 0 aliphatic heterocycles. The van der Waals surface area contributed by atoms with E-state index in [4.69, 9.17) is 9.97 Å². The SMILES string of the molecule is Cc1ccc2ccc3c(-c4cccc(-c5cc(-c6ccccc6)c(-c6ccccc6)c(-c6ccccc6)c5-c5ccccc5)c4)cc(C)nc3c2n1. The van der Waals surface area contributed by atoms with Crippen LogP contribution in [0.1, 0.15) is 11.4 Å². The molecule has 0 fully saturated rings. The van der Waals surface area contributed by atoms with Crippen LogP contribution in [0.15, 0.2) is 182 Å². The third kappa shape index (κ3) is 5.65. The van der Waals surface area contributed by atoms with Gasteiger partial charge < -0.3 is 0 Å². The molecule has 0 saturated carbocycles. The zero-order chi connectivity index (χ0) is 35.0. The van der Waals surface area contributed by atoms with Crippen molar-refractivity contribution in [2.24, 2.45) is 0 Å². The van der Waals surface area contributed by atoms with Crippen molar-refractivity contribution < 1.29 is 0 Å². The van der Waals surface area contributed by atoms with Gasteiger partial charge in [-0.15, -0.1) is 0 Å². The molecule has 0 unspecified atom stereocenters. The van der Waals surface area contributed by atoms with E-state index in [1.165, 1.54) is 50.1 Å². The van der Waals surface area contributed by atoms with Crippen molar-refractivity contribution in [3.8, 4) is 66.8 Å². The van der Waals surface area contributed by atoms with Crippen LogP contribution in [0, 0.1) is 13.8 Å². The summed E-state index contributed by atoms with van der Waals surface area (Å²) in [4.78, 5) is 9.97. The van der Waals surface area contributed by atoms with Crippen LogP contribution in [0.4, 0.5) is 0 Å². The highest BCUT2D eigenvalue weighted by atomic mass is 14.8. The molecule has 0 amide bonds. The number of hydrogen-bond donors (Lipinski definition) is 0. The molecular formula is C50H36N2. The summed E-state index contributed by atoms with van der Waals surface area (Å²) in [6, 6.07) is 65.6. The average Bonchev–Trinajstić information content (AvgIpc) is 3.21. The fraction of sp³-hybridized carbons (Fsp3) is 0.0400. The zero-order valence-electron chi connectivity index (χ0n) is 29.2. The summed E-state index contributed by atoms with van der Waals surface area (Å²) in [5.74, 6) is 0. The minimum atomic E-state index is 0.941. The Kier molecular flexibility index (Phi) is 7.98. The summed E-state index contributed by atoms with van der Waals surface area (Å²) in [7, 11) is 0. The molecule has 9 rings (SSSR count). The van der Waals surface area contributed by atoms with Gasteiger partial charge in [-0.3, -0.25) is 9.97 Å². The minimum absolute atomic E-state index is 0.941. The van der Waals surface area contributed by atoms with Gasteiger partial charge in [-0.25, -0.2) is 0 Å². The summed E-state index contributed by atoms with van der Waals surface area (Å²) in [5, 5.41) is 2.20. The van der Waals surface area contributed by atoms with Crippen LogP contribution in [0.2, 0.25) is 0 Å². The van der Waals surface area contributed by atoms with Gasteiger partial charge >= 0.3 is 0 Å². The molecule has 246 valence electrons. The first-order chi connectivity index (χ1) is 25.6. The number of benzene rings is 7. The van der Waals surface area contributed by atoms with Crippen molar-refractivity contribution in [3.63, 3.8) is 0 Å². The molecule has 7 aromatic carbocycles. The van der Waals surface area contributed by atoms with Crippen LogP contribution >= 0.6 is 0 Å². The molecule has 2 nitrogen and oxygen atoms in total. The topological polar surface area (TPSA) is 25.8 Å². The molecule has 0 spiro atoms. The Hall–Kier alpha value is -6.64. The molecule has 2 heterocycles. The quantitative estimate of drug-likeness (QED) is 0.165. The summed E-state index contributed by atoms with van der Waals surface area (Å²) < 4.78 is 0. The molecule has 0 radical (unpaired) electrons. The number of hydrogen-bond acceptors (Lipinski definition) is 2. The van der Waals surface area contributed by atoms with Crippen molar-refractivity contribution in [1.29, 1.82) is 0 Å². The number of aromatic nitrogens is 2. The Bertz CT molecular complexity index is 2720. The predicted molar refractivity (Wildman–Crippen MR) is 219 cm³/mol. The van der Waals surface area contributed by atoms with Crippen LogP contribution in [-0.4, -0.2) is 9.97 Å². The van der Waals surface area contributed by atoms with Gasteiger partial charge in [0.2, 0.25) is 0 Å². The van der Waals surface area contributed by atoms with E-state index < -0.39 is 0 Å². The predicted octanol–water partition coefficient (Wildman–Crippen LogP) is 13.4. The standard InChI is InChI=1S/C50H36N2/c1-33-26-27-39-28-29-42-43(30-34(2)52-50(42)49(39)51-33)40-24-15-25-41(31-40)45-32-44(35-16-7-3-8-17-35)46(36-18-9-4-10-19-36)48(38-22-13-6-14-23-38)47(45)37-20-11-5-12-21-37/h3-32H,1-2H3.